The molecule has 1 aliphatic rings. The molecule has 20 heavy (non-hydrogen) atoms. The number of carbonyl (C=O) groups excluding carboxylic acids is 2. The van der Waals surface area contributed by atoms with Gasteiger partial charge in [0.1, 0.15) is 5.78 Å². The molecule has 0 bridgehead atoms. The lowest BCUT2D eigenvalue weighted by atomic mass is 9.87. The molecule has 1 aromatic carbocycles. The number of methoxy groups -OCH3 is 1. The van der Waals surface area contributed by atoms with E-state index >= 15 is 0 Å². The van der Waals surface area contributed by atoms with Crippen LogP contribution in [0.4, 0.5) is 13.2 Å². The third kappa shape index (κ3) is 1.90. The van der Waals surface area contributed by atoms with Crippen LogP contribution in [0.3, 0.4) is 0 Å². The first-order valence-electron chi connectivity index (χ1n) is 5.99. The van der Waals surface area contributed by atoms with E-state index in [1.54, 1.807) is 18.2 Å². The van der Waals surface area contributed by atoms with E-state index in [1.807, 2.05) is 0 Å². The van der Waals surface area contributed by atoms with Crippen LogP contribution in [0.25, 0.3) is 0 Å². The monoisotopic (exact) mass is 286 g/mol. The van der Waals surface area contributed by atoms with Gasteiger partial charge in [0.2, 0.25) is 0 Å². The number of alkyl halides is 3. The number of halogens is 3. The molecule has 0 aliphatic heterocycles. The predicted molar refractivity (Wildman–Crippen MR) is 63.9 cm³/mol. The van der Waals surface area contributed by atoms with Crippen LogP contribution < -0.4 is 0 Å². The average Bonchev–Trinajstić information content (AvgIpc) is 3.10. The van der Waals surface area contributed by atoms with Crippen LogP contribution in [0, 0.1) is 11.8 Å². The van der Waals surface area contributed by atoms with Crippen molar-refractivity contribution in [1.29, 1.82) is 0 Å². The number of esters is 1. The van der Waals surface area contributed by atoms with Crippen LogP contribution in [0.1, 0.15) is 12.5 Å². The van der Waals surface area contributed by atoms with Gasteiger partial charge < -0.3 is 4.74 Å². The highest BCUT2D eigenvalue weighted by Crippen LogP contribution is 2.66. The minimum atomic E-state index is -4.64. The summed E-state index contributed by atoms with van der Waals surface area (Å²) < 4.78 is 43.9. The molecule has 0 radical (unpaired) electrons. The van der Waals surface area contributed by atoms with Crippen molar-refractivity contribution in [1.82, 2.24) is 0 Å². The molecular weight excluding hydrogens is 273 g/mol. The summed E-state index contributed by atoms with van der Waals surface area (Å²) >= 11 is 0. The smallest absolute Gasteiger partial charge is 0.394 e. The van der Waals surface area contributed by atoms with Crippen molar-refractivity contribution in [3.8, 4) is 0 Å². The molecule has 0 spiro atoms. The molecule has 1 fully saturated rings. The zero-order chi connectivity index (χ0) is 15.1. The third-order valence-electron chi connectivity index (χ3n) is 3.85. The van der Waals surface area contributed by atoms with E-state index in [-0.39, 0.29) is 5.56 Å². The summed E-state index contributed by atoms with van der Waals surface area (Å²) in [7, 11) is 1.02. The number of ether oxygens (including phenoxy) is 1. The van der Waals surface area contributed by atoms with Crippen LogP contribution in [0.2, 0.25) is 0 Å². The number of ketones is 1. The standard InChI is InChI=1S/C14H13F3O3/c1-8(18)13(9-6-4-3-5-7-9)10(12(19)20-2)11(13)14(15,16)17/h3-7,10-11H,1-2H3/t10-,11+,13+/m1/s1. The van der Waals surface area contributed by atoms with Gasteiger partial charge in [0.25, 0.3) is 0 Å². The normalized spacial score (nSPS) is 28.9. The second-order valence-electron chi connectivity index (χ2n) is 4.81. The van der Waals surface area contributed by atoms with E-state index in [2.05, 4.69) is 4.74 Å². The maximum absolute atomic E-state index is 13.2. The minimum absolute atomic E-state index is 0.199. The molecule has 0 unspecified atom stereocenters. The van der Waals surface area contributed by atoms with Gasteiger partial charge in [0, 0.05) is 0 Å². The van der Waals surface area contributed by atoms with Crippen molar-refractivity contribution >= 4 is 11.8 Å². The number of carbonyl (C=O) groups is 2. The van der Waals surface area contributed by atoms with Crippen LogP contribution in [0.5, 0.6) is 0 Å². The SMILES string of the molecule is COC(=O)[C@H]1[C@H](C(F)(F)F)[C@@]1(C(C)=O)c1ccccc1. The number of Topliss-reactive ketones (excluding diaryl/α,β-unsaturated/α-hetero) is 1. The van der Waals surface area contributed by atoms with Gasteiger partial charge in [-0.15, -0.1) is 0 Å². The third-order valence-corrected chi connectivity index (χ3v) is 3.85. The quantitative estimate of drug-likeness (QED) is 0.802. The molecule has 0 N–H and O–H groups in total. The van der Waals surface area contributed by atoms with Crippen molar-refractivity contribution in [3.63, 3.8) is 0 Å². The Morgan fingerprint density at radius 1 is 1.20 bits per heavy atom. The molecule has 6 heteroatoms. The molecular formula is C14H13F3O3. The summed E-state index contributed by atoms with van der Waals surface area (Å²) in [5.74, 6) is -5.22. The van der Waals surface area contributed by atoms with E-state index in [1.165, 1.54) is 12.1 Å². The van der Waals surface area contributed by atoms with Crippen molar-refractivity contribution in [2.24, 2.45) is 11.8 Å². The van der Waals surface area contributed by atoms with Crippen molar-refractivity contribution in [2.45, 2.75) is 18.5 Å². The van der Waals surface area contributed by atoms with E-state index in [9.17, 15) is 22.8 Å². The Morgan fingerprint density at radius 3 is 2.15 bits per heavy atom. The molecule has 3 nitrogen and oxygen atoms in total. The Labute approximate surface area is 113 Å². The summed E-state index contributed by atoms with van der Waals surface area (Å²) in [6.45, 7) is 1.08. The Kier molecular flexibility index (Phi) is 3.36. The van der Waals surface area contributed by atoms with E-state index in [4.69, 9.17) is 0 Å². The summed E-state index contributed by atoms with van der Waals surface area (Å²) in [6, 6.07) is 7.59. The lowest BCUT2D eigenvalue weighted by molar-refractivity contribution is -0.164. The zero-order valence-electron chi connectivity index (χ0n) is 10.9. The van der Waals surface area contributed by atoms with Gasteiger partial charge in [-0.25, -0.2) is 0 Å². The van der Waals surface area contributed by atoms with E-state index in [0.29, 0.717) is 0 Å². The summed E-state index contributed by atoms with van der Waals surface area (Å²) in [6.07, 6.45) is -4.64. The molecule has 1 aromatic rings. The van der Waals surface area contributed by atoms with Gasteiger partial charge in [0.05, 0.1) is 24.4 Å². The Bertz CT molecular complexity index is 538. The summed E-state index contributed by atoms with van der Waals surface area (Å²) in [5.41, 5.74) is -1.66. The molecule has 0 aromatic heterocycles. The van der Waals surface area contributed by atoms with Crippen molar-refractivity contribution < 1.29 is 27.5 Å². The van der Waals surface area contributed by atoms with Crippen molar-refractivity contribution in [2.75, 3.05) is 7.11 Å². The maximum atomic E-state index is 13.2. The van der Waals surface area contributed by atoms with Gasteiger partial charge in [-0.05, 0) is 12.5 Å². The highest BCUT2D eigenvalue weighted by atomic mass is 19.4. The van der Waals surface area contributed by atoms with Crippen LogP contribution >= 0.6 is 0 Å². The highest BCUT2D eigenvalue weighted by molar-refractivity contribution is 6.00. The number of hydrogen-bond acceptors (Lipinski definition) is 3. The number of hydrogen-bond donors (Lipinski definition) is 0. The molecule has 3 atom stereocenters. The molecule has 1 saturated carbocycles. The molecule has 0 amide bonds. The largest absolute Gasteiger partial charge is 0.469 e. The molecule has 1 aliphatic carbocycles. The van der Waals surface area contributed by atoms with Gasteiger partial charge in [0.15, 0.2) is 0 Å². The number of rotatable bonds is 3. The first-order valence-corrected chi connectivity index (χ1v) is 5.99. The maximum Gasteiger partial charge on any atom is 0.394 e. The fraction of sp³-hybridized carbons (Fsp3) is 0.429. The van der Waals surface area contributed by atoms with Gasteiger partial charge in [-0.1, -0.05) is 30.3 Å². The average molecular weight is 286 g/mol. The van der Waals surface area contributed by atoms with Crippen LogP contribution in [-0.2, 0) is 19.7 Å². The Hall–Kier alpha value is -1.85. The fourth-order valence-electron chi connectivity index (χ4n) is 3.00. The lowest BCUT2D eigenvalue weighted by Crippen LogP contribution is -2.27. The van der Waals surface area contributed by atoms with Gasteiger partial charge in [-0.2, -0.15) is 13.2 Å². The van der Waals surface area contributed by atoms with Crippen LogP contribution in [-0.4, -0.2) is 25.0 Å². The topological polar surface area (TPSA) is 43.4 Å². The summed E-state index contributed by atoms with van der Waals surface area (Å²) in [4.78, 5) is 23.6. The van der Waals surface area contributed by atoms with Crippen LogP contribution in [0.15, 0.2) is 30.3 Å². The Morgan fingerprint density at radius 2 is 1.75 bits per heavy atom. The highest BCUT2D eigenvalue weighted by Gasteiger charge is 2.81. The van der Waals surface area contributed by atoms with Gasteiger partial charge >= 0.3 is 12.1 Å². The zero-order valence-corrected chi connectivity index (χ0v) is 10.9. The second-order valence-corrected chi connectivity index (χ2v) is 4.81. The predicted octanol–water partition coefficient (Wildman–Crippen LogP) is 2.49. The first kappa shape index (κ1) is 14.6. The second kappa shape index (κ2) is 4.61. The minimum Gasteiger partial charge on any atom is -0.469 e. The van der Waals surface area contributed by atoms with E-state index < -0.39 is 35.2 Å². The lowest BCUT2D eigenvalue weighted by Gasteiger charge is -2.16. The van der Waals surface area contributed by atoms with E-state index in [0.717, 1.165) is 14.0 Å². The molecule has 0 saturated heterocycles. The Balaban J connectivity index is 2.58. The van der Waals surface area contributed by atoms with Gasteiger partial charge in [-0.3, -0.25) is 9.59 Å². The van der Waals surface area contributed by atoms with Crippen molar-refractivity contribution in [3.05, 3.63) is 35.9 Å². The molecule has 108 valence electrons. The summed E-state index contributed by atoms with van der Waals surface area (Å²) in [5, 5.41) is 0. The number of benzene rings is 1. The molecule has 2 rings (SSSR count). The first-order chi connectivity index (χ1) is 9.27. The fourth-order valence-corrected chi connectivity index (χ4v) is 3.00. The molecule has 0 heterocycles.